The number of likely N-dealkylation sites (tertiary alicyclic amines) is 1. The highest BCUT2D eigenvalue weighted by atomic mass is 32.2. The summed E-state index contributed by atoms with van der Waals surface area (Å²) in [6, 6.07) is 2.86. The minimum atomic E-state index is -4.51. The van der Waals surface area contributed by atoms with E-state index in [4.69, 9.17) is 0 Å². The molecule has 1 aliphatic rings. The number of rotatable bonds is 5. The fraction of sp³-hybridized carbons (Fsp3) is 0.533. The number of benzene rings is 1. The molecule has 25 heavy (non-hydrogen) atoms. The third-order valence-corrected chi connectivity index (χ3v) is 5.45. The van der Waals surface area contributed by atoms with Crippen molar-refractivity contribution in [3.05, 3.63) is 30.1 Å². The van der Waals surface area contributed by atoms with E-state index in [0.717, 1.165) is 17.0 Å². The predicted octanol–water partition coefficient (Wildman–Crippen LogP) is 2.44. The molecule has 0 bridgehead atoms. The molecule has 1 heterocycles. The summed E-state index contributed by atoms with van der Waals surface area (Å²) in [4.78, 5) is 12.2. The number of hydrogen-bond donors (Lipinski definition) is 1. The van der Waals surface area contributed by atoms with Crippen LogP contribution < -0.4 is 4.72 Å². The van der Waals surface area contributed by atoms with Crippen LogP contribution in [0.3, 0.4) is 0 Å². The quantitative estimate of drug-likeness (QED) is 0.796. The minimum absolute atomic E-state index is 0.0108. The molecular formula is C15H18F4N2O3S. The van der Waals surface area contributed by atoms with Crippen LogP contribution in [0.25, 0.3) is 0 Å². The number of alkyl halides is 3. The van der Waals surface area contributed by atoms with Gasteiger partial charge in [-0.3, -0.25) is 4.79 Å². The molecule has 1 aromatic carbocycles. The molecule has 1 unspecified atom stereocenters. The average molecular weight is 382 g/mol. The third-order valence-electron chi connectivity index (χ3n) is 3.96. The van der Waals surface area contributed by atoms with E-state index >= 15 is 0 Å². The molecule has 1 amide bonds. The van der Waals surface area contributed by atoms with E-state index < -0.39 is 51.8 Å². The summed E-state index contributed by atoms with van der Waals surface area (Å²) in [5.41, 5.74) is 0. The topological polar surface area (TPSA) is 66.5 Å². The van der Waals surface area contributed by atoms with Crippen LogP contribution in [0.4, 0.5) is 17.6 Å². The molecule has 1 aliphatic heterocycles. The van der Waals surface area contributed by atoms with Gasteiger partial charge in [0.2, 0.25) is 15.9 Å². The van der Waals surface area contributed by atoms with Crippen molar-refractivity contribution in [2.45, 2.75) is 42.8 Å². The lowest BCUT2D eigenvalue weighted by Gasteiger charge is -2.36. The van der Waals surface area contributed by atoms with Crippen molar-refractivity contribution in [2.75, 3.05) is 13.1 Å². The Morgan fingerprint density at radius 2 is 1.92 bits per heavy atom. The third kappa shape index (κ3) is 4.91. The lowest BCUT2D eigenvalue weighted by molar-refractivity contribution is -0.195. The van der Waals surface area contributed by atoms with Gasteiger partial charge in [0.15, 0.2) is 0 Å². The van der Waals surface area contributed by atoms with Crippen LogP contribution in [0.2, 0.25) is 0 Å². The van der Waals surface area contributed by atoms with E-state index in [1.165, 1.54) is 12.1 Å². The second-order valence-corrected chi connectivity index (χ2v) is 7.45. The average Bonchev–Trinajstić information content (AvgIpc) is 2.54. The van der Waals surface area contributed by atoms with Crippen LogP contribution in [0.15, 0.2) is 29.2 Å². The molecule has 1 atom stereocenters. The molecule has 0 aromatic heterocycles. The van der Waals surface area contributed by atoms with Crippen molar-refractivity contribution in [2.24, 2.45) is 0 Å². The summed E-state index contributed by atoms with van der Waals surface area (Å²) in [6.07, 6.45) is -4.24. The normalized spacial score (nSPS) is 19.0. The largest absolute Gasteiger partial charge is 0.408 e. The number of halogens is 4. The van der Waals surface area contributed by atoms with Crippen molar-refractivity contribution in [3.8, 4) is 0 Å². The van der Waals surface area contributed by atoms with Crippen LogP contribution in [-0.2, 0) is 14.8 Å². The summed E-state index contributed by atoms with van der Waals surface area (Å²) < 4.78 is 78.5. The van der Waals surface area contributed by atoms with Crippen LogP contribution in [0.1, 0.15) is 25.7 Å². The summed E-state index contributed by atoms with van der Waals surface area (Å²) in [7, 11) is -4.18. The Kier molecular flexibility index (Phi) is 6.04. The Labute approximate surface area is 143 Å². The van der Waals surface area contributed by atoms with Crippen LogP contribution in [-0.4, -0.2) is 44.5 Å². The van der Waals surface area contributed by atoms with Gasteiger partial charge in [0.05, 0.1) is 0 Å². The number of nitrogens with zero attached hydrogens (tertiary/aromatic N) is 1. The zero-order chi connectivity index (χ0) is 18.7. The van der Waals surface area contributed by atoms with Crippen LogP contribution in [0, 0.1) is 5.82 Å². The molecule has 1 aromatic rings. The number of piperidine rings is 1. The van der Waals surface area contributed by atoms with Gasteiger partial charge in [-0.25, -0.2) is 17.5 Å². The zero-order valence-electron chi connectivity index (χ0n) is 13.2. The van der Waals surface area contributed by atoms with Crippen molar-refractivity contribution < 1.29 is 30.8 Å². The molecule has 140 valence electrons. The first-order valence-electron chi connectivity index (χ1n) is 7.73. The van der Waals surface area contributed by atoms with E-state index in [0.29, 0.717) is 12.8 Å². The second-order valence-electron chi connectivity index (χ2n) is 5.72. The number of hydrogen-bond acceptors (Lipinski definition) is 3. The fourth-order valence-electron chi connectivity index (χ4n) is 2.75. The highest BCUT2D eigenvalue weighted by Crippen LogP contribution is 2.32. The molecular weight excluding hydrogens is 364 g/mol. The summed E-state index contributed by atoms with van der Waals surface area (Å²) in [5.74, 6) is -1.73. The van der Waals surface area contributed by atoms with Crippen LogP contribution in [0.5, 0.6) is 0 Å². The molecule has 1 N–H and O–H groups in total. The molecule has 1 saturated heterocycles. The van der Waals surface area contributed by atoms with E-state index in [1.807, 2.05) is 4.72 Å². The van der Waals surface area contributed by atoms with Gasteiger partial charge in [-0.15, -0.1) is 0 Å². The molecule has 1 fully saturated rings. The van der Waals surface area contributed by atoms with Gasteiger partial charge in [0.1, 0.15) is 16.8 Å². The monoisotopic (exact) mass is 382 g/mol. The molecule has 0 radical (unpaired) electrons. The number of carbonyl (C=O) groups excluding carboxylic acids is 1. The number of sulfonamides is 1. The molecule has 10 heteroatoms. The lowest BCUT2D eigenvalue weighted by Crippen LogP contribution is -2.51. The van der Waals surface area contributed by atoms with Gasteiger partial charge in [0, 0.05) is 19.5 Å². The van der Waals surface area contributed by atoms with E-state index in [1.54, 1.807) is 0 Å². The first-order chi connectivity index (χ1) is 11.6. The van der Waals surface area contributed by atoms with Gasteiger partial charge in [0.25, 0.3) is 0 Å². The summed E-state index contributed by atoms with van der Waals surface area (Å²) in [6.45, 7) is -0.417. The van der Waals surface area contributed by atoms with E-state index in [-0.39, 0.29) is 13.0 Å². The Hall–Kier alpha value is -1.68. The van der Waals surface area contributed by atoms with E-state index in [9.17, 15) is 30.8 Å². The highest BCUT2D eigenvalue weighted by Gasteiger charge is 2.45. The van der Waals surface area contributed by atoms with E-state index in [2.05, 4.69) is 0 Å². The Bertz CT molecular complexity index is 722. The fourth-order valence-corrected chi connectivity index (χ4v) is 3.86. The van der Waals surface area contributed by atoms with Gasteiger partial charge in [-0.2, -0.15) is 13.2 Å². The number of amides is 1. The van der Waals surface area contributed by atoms with Gasteiger partial charge in [-0.05, 0) is 31.4 Å². The van der Waals surface area contributed by atoms with Gasteiger partial charge in [-0.1, -0.05) is 12.1 Å². The Morgan fingerprint density at radius 3 is 2.56 bits per heavy atom. The first kappa shape index (κ1) is 19.6. The molecule has 0 aliphatic carbocycles. The van der Waals surface area contributed by atoms with Crippen molar-refractivity contribution in [1.29, 1.82) is 0 Å². The first-order valence-corrected chi connectivity index (χ1v) is 9.21. The Morgan fingerprint density at radius 1 is 1.24 bits per heavy atom. The molecule has 5 nitrogen and oxygen atoms in total. The predicted molar refractivity (Wildman–Crippen MR) is 81.6 cm³/mol. The smallest absolute Gasteiger partial charge is 0.331 e. The van der Waals surface area contributed by atoms with Gasteiger partial charge < -0.3 is 4.90 Å². The number of carbonyl (C=O) groups is 1. The summed E-state index contributed by atoms with van der Waals surface area (Å²) >= 11 is 0. The lowest BCUT2D eigenvalue weighted by atomic mass is 10.0. The second kappa shape index (κ2) is 7.69. The van der Waals surface area contributed by atoms with Crippen molar-refractivity contribution >= 4 is 15.9 Å². The zero-order valence-corrected chi connectivity index (χ0v) is 14.0. The Balaban J connectivity index is 1.97. The van der Waals surface area contributed by atoms with Crippen molar-refractivity contribution in [3.63, 3.8) is 0 Å². The maximum atomic E-state index is 13.5. The SMILES string of the molecule is O=C(CCNS(=O)(=O)c1ccccc1F)N1CCCCC1C(F)(F)F. The van der Waals surface area contributed by atoms with Crippen molar-refractivity contribution in [1.82, 2.24) is 9.62 Å². The number of nitrogens with one attached hydrogen (secondary N) is 1. The maximum absolute atomic E-state index is 13.5. The molecule has 0 spiro atoms. The summed E-state index contributed by atoms with van der Waals surface area (Å²) in [5, 5.41) is 0. The maximum Gasteiger partial charge on any atom is 0.408 e. The van der Waals surface area contributed by atoms with Gasteiger partial charge >= 0.3 is 6.18 Å². The molecule has 0 saturated carbocycles. The highest BCUT2D eigenvalue weighted by molar-refractivity contribution is 7.89. The van der Waals surface area contributed by atoms with Crippen LogP contribution >= 0.6 is 0 Å². The molecule has 2 rings (SSSR count). The standard InChI is InChI=1S/C15H18F4N2O3S/c16-11-5-1-2-6-12(11)25(23,24)20-9-8-14(22)21-10-4-3-7-13(21)15(17,18)19/h1-2,5-6,13,20H,3-4,7-10H2. The minimum Gasteiger partial charge on any atom is -0.331 e.